The quantitative estimate of drug-likeness (QED) is 0.340. The van der Waals surface area contributed by atoms with Crippen molar-refractivity contribution in [3.05, 3.63) is 41.4 Å². The largest absolute Gasteiger partial charge is 0.363 e. The Morgan fingerprint density at radius 3 is 2.63 bits per heavy atom. The Morgan fingerprint density at radius 1 is 1.13 bits per heavy atom. The topological polar surface area (TPSA) is 55.8 Å². The predicted molar refractivity (Wildman–Crippen MR) is 139 cm³/mol. The van der Waals surface area contributed by atoms with Crippen LogP contribution < -0.4 is 20.4 Å². The highest BCUT2D eigenvalue weighted by Gasteiger charge is 2.20. The fraction of sp³-hybridized carbons (Fsp3) is 0.545. The molecular weight excluding hydrogens is 507 g/mol. The molecule has 0 bridgehead atoms. The second-order valence-corrected chi connectivity index (χ2v) is 8.78. The lowest BCUT2D eigenvalue weighted by molar-refractivity contribution is 0.463. The van der Waals surface area contributed by atoms with Crippen LogP contribution in [-0.4, -0.2) is 50.2 Å². The van der Waals surface area contributed by atoms with Crippen LogP contribution in [0.5, 0.6) is 0 Å². The Hall–Kier alpha value is -1.55. The summed E-state index contributed by atoms with van der Waals surface area (Å²) in [5, 5.41) is 10.6. The summed E-state index contributed by atoms with van der Waals surface area (Å²) in [5.74, 6) is 1.99. The van der Waals surface area contributed by atoms with Gasteiger partial charge in [0.1, 0.15) is 5.82 Å². The maximum atomic E-state index is 4.58. The third-order valence-corrected chi connectivity index (χ3v) is 6.76. The first kappa shape index (κ1) is 23.1. The van der Waals surface area contributed by atoms with Gasteiger partial charge >= 0.3 is 0 Å². The molecule has 2 aliphatic rings. The van der Waals surface area contributed by atoms with E-state index in [2.05, 4.69) is 60.1 Å². The smallest absolute Gasteiger partial charge is 0.191 e. The van der Waals surface area contributed by atoms with Crippen LogP contribution in [0.2, 0.25) is 0 Å². The lowest BCUT2D eigenvalue weighted by Gasteiger charge is -2.33. The zero-order chi connectivity index (χ0) is 19.9. The molecule has 2 saturated heterocycles. The van der Waals surface area contributed by atoms with Gasteiger partial charge in [-0.2, -0.15) is 0 Å². The van der Waals surface area contributed by atoms with Crippen LogP contribution in [-0.2, 0) is 6.54 Å². The standard InChI is InChI=1S/C22H32N6S.HI/c1-23-22(26-19-8-13-28(14-9-19)21-6-5-15-29-21)25-17-18-7-10-24-20(16-18)27-11-3-2-4-12-27;/h5-7,10,15-16,19H,2-4,8-9,11-14,17H2,1H3,(H2,23,25,26);1H. The zero-order valence-electron chi connectivity index (χ0n) is 17.7. The van der Waals surface area contributed by atoms with Crippen LogP contribution in [0.3, 0.4) is 0 Å². The van der Waals surface area contributed by atoms with Crippen molar-refractivity contribution >= 4 is 52.1 Å². The summed E-state index contributed by atoms with van der Waals surface area (Å²) >= 11 is 1.83. The van der Waals surface area contributed by atoms with Crippen LogP contribution in [0.4, 0.5) is 10.8 Å². The van der Waals surface area contributed by atoms with Crippen molar-refractivity contribution in [2.24, 2.45) is 4.99 Å². The Morgan fingerprint density at radius 2 is 1.93 bits per heavy atom. The molecule has 0 saturated carbocycles. The number of hydrogen-bond acceptors (Lipinski definition) is 5. The van der Waals surface area contributed by atoms with Gasteiger partial charge in [-0.05, 0) is 67.3 Å². The van der Waals surface area contributed by atoms with E-state index in [1.54, 1.807) is 0 Å². The fourth-order valence-corrected chi connectivity index (χ4v) is 4.92. The number of hydrogen-bond donors (Lipinski definition) is 2. The Kier molecular flexibility index (Phi) is 9.05. The third kappa shape index (κ3) is 6.23. The first-order valence-corrected chi connectivity index (χ1v) is 11.7. The second-order valence-electron chi connectivity index (χ2n) is 7.85. The molecule has 164 valence electrons. The van der Waals surface area contributed by atoms with Crippen LogP contribution >= 0.6 is 35.3 Å². The molecule has 2 N–H and O–H groups in total. The molecule has 0 atom stereocenters. The molecule has 2 aromatic rings. The minimum Gasteiger partial charge on any atom is -0.363 e. The van der Waals surface area contributed by atoms with Crippen molar-refractivity contribution in [1.82, 2.24) is 15.6 Å². The first-order chi connectivity index (χ1) is 14.3. The fourth-order valence-electron chi connectivity index (χ4n) is 4.13. The molecule has 4 rings (SSSR count). The van der Waals surface area contributed by atoms with E-state index < -0.39 is 0 Å². The monoisotopic (exact) mass is 540 g/mol. The van der Waals surface area contributed by atoms with Gasteiger partial charge in [-0.25, -0.2) is 4.98 Å². The van der Waals surface area contributed by atoms with Crippen molar-refractivity contribution in [2.45, 2.75) is 44.7 Å². The molecule has 0 radical (unpaired) electrons. The SMILES string of the molecule is CN=C(NCc1ccnc(N2CCCCC2)c1)NC1CCN(c2cccs2)CC1.I. The molecule has 0 aromatic carbocycles. The summed E-state index contributed by atoms with van der Waals surface area (Å²) < 4.78 is 0. The van der Waals surface area contributed by atoms with Gasteiger partial charge in [0, 0.05) is 52.0 Å². The molecule has 6 nitrogen and oxygen atoms in total. The molecule has 30 heavy (non-hydrogen) atoms. The number of rotatable bonds is 5. The van der Waals surface area contributed by atoms with E-state index in [4.69, 9.17) is 0 Å². The predicted octanol–water partition coefficient (Wildman–Crippen LogP) is 4.09. The molecule has 0 aliphatic carbocycles. The summed E-state index contributed by atoms with van der Waals surface area (Å²) in [7, 11) is 1.85. The van der Waals surface area contributed by atoms with Gasteiger partial charge in [-0.3, -0.25) is 4.99 Å². The average molecular weight is 541 g/mol. The van der Waals surface area contributed by atoms with Gasteiger partial charge in [0.15, 0.2) is 5.96 Å². The minimum absolute atomic E-state index is 0. The maximum Gasteiger partial charge on any atom is 0.191 e. The van der Waals surface area contributed by atoms with E-state index in [0.717, 1.165) is 57.3 Å². The highest BCUT2D eigenvalue weighted by atomic mass is 127. The van der Waals surface area contributed by atoms with Crippen LogP contribution in [0.25, 0.3) is 0 Å². The molecule has 4 heterocycles. The lowest BCUT2D eigenvalue weighted by Crippen LogP contribution is -2.48. The van der Waals surface area contributed by atoms with Gasteiger partial charge < -0.3 is 20.4 Å². The number of thiophene rings is 1. The van der Waals surface area contributed by atoms with Gasteiger partial charge in [0.25, 0.3) is 0 Å². The average Bonchev–Trinajstić information content (AvgIpc) is 3.33. The van der Waals surface area contributed by atoms with E-state index in [1.807, 2.05) is 24.6 Å². The number of halogens is 1. The molecule has 0 spiro atoms. The van der Waals surface area contributed by atoms with Crippen molar-refractivity contribution in [2.75, 3.05) is 43.0 Å². The normalized spacial score (nSPS) is 18.1. The Bertz CT molecular complexity index is 783. The van der Waals surface area contributed by atoms with Crippen LogP contribution in [0, 0.1) is 0 Å². The van der Waals surface area contributed by atoms with Crippen molar-refractivity contribution in [3.63, 3.8) is 0 Å². The van der Waals surface area contributed by atoms with Crippen LogP contribution in [0.1, 0.15) is 37.7 Å². The van der Waals surface area contributed by atoms with Crippen molar-refractivity contribution in [1.29, 1.82) is 0 Å². The number of anilines is 2. The van der Waals surface area contributed by atoms with Gasteiger partial charge in [0.05, 0.1) is 5.00 Å². The van der Waals surface area contributed by atoms with E-state index in [-0.39, 0.29) is 24.0 Å². The number of guanidine groups is 1. The first-order valence-electron chi connectivity index (χ1n) is 10.8. The van der Waals surface area contributed by atoms with Gasteiger partial charge in [-0.1, -0.05) is 0 Å². The molecule has 0 amide bonds. The van der Waals surface area contributed by atoms with Gasteiger partial charge in [-0.15, -0.1) is 35.3 Å². The Balaban J connectivity index is 0.00000256. The molecule has 8 heteroatoms. The van der Waals surface area contributed by atoms with Crippen molar-refractivity contribution in [3.8, 4) is 0 Å². The van der Waals surface area contributed by atoms with E-state index in [1.165, 1.54) is 29.8 Å². The number of nitrogens with zero attached hydrogens (tertiary/aromatic N) is 4. The number of piperidine rings is 2. The summed E-state index contributed by atoms with van der Waals surface area (Å²) in [6, 6.07) is 9.12. The van der Waals surface area contributed by atoms with E-state index in [0.29, 0.717) is 6.04 Å². The van der Waals surface area contributed by atoms with E-state index in [9.17, 15) is 0 Å². The summed E-state index contributed by atoms with van der Waals surface area (Å²) in [4.78, 5) is 13.9. The number of aliphatic imine (C=N–C) groups is 1. The molecule has 2 fully saturated rings. The van der Waals surface area contributed by atoms with E-state index >= 15 is 0 Å². The molecule has 0 unspecified atom stereocenters. The summed E-state index contributed by atoms with van der Waals surface area (Å²) in [6.07, 6.45) is 8.07. The molecule has 2 aromatic heterocycles. The zero-order valence-corrected chi connectivity index (χ0v) is 20.9. The molecule has 2 aliphatic heterocycles. The minimum atomic E-state index is 0. The lowest BCUT2D eigenvalue weighted by atomic mass is 10.1. The van der Waals surface area contributed by atoms with Crippen molar-refractivity contribution < 1.29 is 0 Å². The van der Waals surface area contributed by atoms with Gasteiger partial charge in [0.2, 0.25) is 0 Å². The number of nitrogens with one attached hydrogen (secondary N) is 2. The third-order valence-electron chi connectivity index (χ3n) is 5.83. The summed E-state index contributed by atoms with van der Waals surface area (Å²) in [6.45, 7) is 5.20. The van der Waals surface area contributed by atoms with Crippen LogP contribution in [0.15, 0.2) is 40.8 Å². The highest BCUT2D eigenvalue weighted by molar-refractivity contribution is 14.0. The summed E-state index contributed by atoms with van der Waals surface area (Å²) in [5.41, 5.74) is 1.25. The highest BCUT2D eigenvalue weighted by Crippen LogP contribution is 2.24. The number of aromatic nitrogens is 1. The Labute approximate surface area is 201 Å². The second kappa shape index (κ2) is 11.7. The molecular formula is C22H33IN6S. The maximum absolute atomic E-state index is 4.58. The number of pyridine rings is 1.